The number of carbonyl (C=O) groups excluding carboxylic acids is 1. The monoisotopic (exact) mass is 517 g/mol. The minimum Gasteiger partial charge on any atom is -0.494 e. The fourth-order valence-electron chi connectivity index (χ4n) is 4.81. The Morgan fingerprint density at radius 3 is 2.51 bits per heavy atom. The number of aliphatic carboxylic acids is 1. The molecule has 0 radical (unpaired) electrons. The van der Waals surface area contributed by atoms with Crippen molar-refractivity contribution in [3.05, 3.63) is 63.9 Å². The Morgan fingerprint density at radius 1 is 1.14 bits per heavy atom. The lowest BCUT2D eigenvalue weighted by Gasteiger charge is -2.20. The number of fused-ring (bicyclic) bond motifs is 1. The molecule has 1 aromatic heterocycles. The van der Waals surface area contributed by atoms with Crippen molar-refractivity contribution in [1.29, 1.82) is 0 Å². The second-order valence-corrected chi connectivity index (χ2v) is 9.20. The van der Waals surface area contributed by atoms with E-state index in [1.807, 2.05) is 6.92 Å². The second kappa shape index (κ2) is 10.7. The number of benzene rings is 2. The predicted octanol–water partition coefficient (Wildman–Crippen LogP) is 4.60. The fraction of sp³-hybridized carbons (Fsp3) is 0.423. The topological polar surface area (TPSA) is 111 Å². The van der Waals surface area contributed by atoms with E-state index in [1.165, 1.54) is 0 Å². The molecule has 3 aromatic rings. The molecule has 0 amide bonds. The van der Waals surface area contributed by atoms with Gasteiger partial charge in [0.1, 0.15) is 11.3 Å². The van der Waals surface area contributed by atoms with Gasteiger partial charge in [0.2, 0.25) is 0 Å². The molecular formula is C26H26F3N3O5. The molecule has 3 atom stereocenters. The molecule has 196 valence electrons. The van der Waals surface area contributed by atoms with Crippen LogP contribution in [0.4, 0.5) is 13.2 Å². The molecule has 1 saturated carbocycles. The molecule has 2 aromatic carbocycles. The number of alkyl halides is 3. The molecule has 0 saturated heterocycles. The van der Waals surface area contributed by atoms with Gasteiger partial charge in [-0.15, -0.1) is 5.10 Å². The molecule has 0 unspecified atom stereocenters. The Kier molecular flexibility index (Phi) is 7.60. The molecule has 11 heteroatoms. The van der Waals surface area contributed by atoms with Gasteiger partial charge in [-0.25, -0.2) is 4.68 Å². The zero-order valence-electron chi connectivity index (χ0n) is 20.1. The number of halogens is 3. The van der Waals surface area contributed by atoms with Gasteiger partial charge in [0.05, 0.1) is 30.0 Å². The van der Waals surface area contributed by atoms with E-state index in [-0.39, 0.29) is 23.2 Å². The maximum absolute atomic E-state index is 13.2. The van der Waals surface area contributed by atoms with Crippen LogP contribution in [0.3, 0.4) is 0 Å². The normalized spacial score (nSPS) is 19.7. The number of carbonyl (C=O) groups is 2. The number of ether oxygens (including phenoxy) is 1. The average Bonchev–Trinajstić information content (AvgIpc) is 3.29. The molecule has 1 N–H and O–H groups in total. The summed E-state index contributed by atoms with van der Waals surface area (Å²) in [5, 5.41) is 17.3. The molecule has 0 spiro atoms. The van der Waals surface area contributed by atoms with Gasteiger partial charge in [-0.3, -0.25) is 14.4 Å². The van der Waals surface area contributed by atoms with Crippen LogP contribution in [0.2, 0.25) is 0 Å². The number of aromatic nitrogens is 3. The van der Waals surface area contributed by atoms with Crippen molar-refractivity contribution in [3.8, 4) is 5.75 Å². The van der Waals surface area contributed by atoms with Crippen LogP contribution in [0.1, 0.15) is 48.5 Å². The summed E-state index contributed by atoms with van der Waals surface area (Å²) in [5.74, 6) is -3.40. The highest BCUT2D eigenvalue weighted by Gasteiger charge is 2.45. The van der Waals surface area contributed by atoms with Crippen LogP contribution >= 0.6 is 0 Å². The first-order valence-corrected chi connectivity index (χ1v) is 12.0. The first-order chi connectivity index (χ1) is 17.6. The van der Waals surface area contributed by atoms with Crippen molar-refractivity contribution in [2.24, 2.45) is 17.8 Å². The van der Waals surface area contributed by atoms with E-state index in [0.717, 1.165) is 29.7 Å². The Balaban J connectivity index is 1.54. The Bertz CT molecular complexity index is 1350. The van der Waals surface area contributed by atoms with E-state index in [2.05, 4.69) is 10.3 Å². The van der Waals surface area contributed by atoms with Gasteiger partial charge in [0.25, 0.3) is 5.56 Å². The molecule has 1 aliphatic carbocycles. The molecule has 37 heavy (non-hydrogen) atoms. The number of unbranched alkanes of at least 4 members (excludes halogenated alkanes) is 1. The molecule has 4 rings (SSSR count). The average molecular weight is 518 g/mol. The van der Waals surface area contributed by atoms with Crippen LogP contribution in [0.25, 0.3) is 10.9 Å². The summed E-state index contributed by atoms with van der Waals surface area (Å²) >= 11 is 0. The van der Waals surface area contributed by atoms with Gasteiger partial charge in [0.15, 0.2) is 5.78 Å². The Morgan fingerprint density at radius 2 is 1.86 bits per heavy atom. The smallest absolute Gasteiger partial charge is 0.416 e. The largest absolute Gasteiger partial charge is 0.494 e. The summed E-state index contributed by atoms with van der Waals surface area (Å²) in [6.07, 6.45) is -2.12. The maximum atomic E-state index is 13.2. The van der Waals surface area contributed by atoms with Gasteiger partial charge in [-0.2, -0.15) is 13.2 Å². The third kappa shape index (κ3) is 5.65. The van der Waals surface area contributed by atoms with E-state index in [0.29, 0.717) is 36.8 Å². The highest BCUT2D eigenvalue weighted by molar-refractivity contribution is 6.00. The van der Waals surface area contributed by atoms with Gasteiger partial charge < -0.3 is 9.84 Å². The van der Waals surface area contributed by atoms with Crippen LogP contribution in [-0.2, 0) is 17.5 Å². The zero-order chi connectivity index (χ0) is 26.7. The number of Topliss-reactive ketones (excluding diaryl/α,β-unsaturated/α-hetero) is 1. The lowest BCUT2D eigenvalue weighted by molar-refractivity contribution is -0.144. The Labute approximate surface area is 210 Å². The molecule has 8 nitrogen and oxygen atoms in total. The lowest BCUT2D eigenvalue weighted by atomic mass is 9.84. The van der Waals surface area contributed by atoms with Gasteiger partial charge >= 0.3 is 12.1 Å². The van der Waals surface area contributed by atoms with Crippen LogP contribution in [0.5, 0.6) is 5.75 Å². The standard InChI is InChI=1S/C26H26F3N3O5/c1-2-3-12-37-18-8-4-15(5-9-18)23(33)19-10-6-16(22(19)25(35)36)14-32-24(34)20-13-17(26(27,28)29)7-11-21(20)30-31-32/h4-5,7-9,11,13,16,19,22H,2-3,6,10,12,14H2,1H3,(H,35,36)/t16-,19-,22-/m0/s1. The lowest BCUT2D eigenvalue weighted by Crippen LogP contribution is -2.34. The van der Waals surface area contributed by atoms with Crippen molar-refractivity contribution < 1.29 is 32.6 Å². The number of hydrogen-bond acceptors (Lipinski definition) is 6. The van der Waals surface area contributed by atoms with Crippen molar-refractivity contribution >= 4 is 22.7 Å². The quantitative estimate of drug-likeness (QED) is 0.326. The highest BCUT2D eigenvalue weighted by Crippen LogP contribution is 2.40. The Hall–Kier alpha value is -3.76. The minimum atomic E-state index is -4.64. The molecular weight excluding hydrogens is 491 g/mol. The van der Waals surface area contributed by atoms with Crippen LogP contribution in [0.15, 0.2) is 47.3 Å². The summed E-state index contributed by atoms with van der Waals surface area (Å²) in [7, 11) is 0. The first-order valence-electron chi connectivity index (χ1n) is 12.0. The number of rotatable bonds is 9. The van der Waals surface area contributed by atoms with E-state index >= 15 is 0 Å². The van der Waals surface area contributed by atoms with Gasteiger partial charge in [-0.05, 0) is 67.6 Å². The summed E-state index contributed by atoms with van der Waals surface area (Å²) in [6.45, 7) is 2.43. The van der Waals surface area contributed by atoms with Crippen LogP contribution in [0, 0.1) is 17.8 Å². The third-order valence-electron chi connectivity index (χ3n) is 6.77. The molecule has 1 heterocycles. The highest BCUT2D eigenvalue weighted by atomic mass is 19.4. The van der Waals surface area contributed by atoms with Gasteiger partial charge in [-0.1, -0.05) is 18.6 Å². The van der Waals surface area contributed by atoms with Gasteiger partial charge in [0, 0.05) is 11.5 Å². The van der Waals surface area contributed by atoms with E-state index < -0.39 is 41.0 Å². The number of hydrogen-bond donors (Lipinski definition) is 1. The molecule has 0 bridgehead atoms. The summed E-state index contributed by atoms with van der Waals surface area (Å²) in [5.41, 5.74) is -1.42. The van der Waals surface area contributed by atoms with Crippen molar-refractivity contribution in [1.82, 2.24) is 15.0 Å². The van der Waals surface area contributed by atoms with E-state index in [1.54, 1.807) is 24.3 Å². The minimum absolute atomic E-state index is 0.00521. The zero-order valence-corrected chi connectivity index (χ0v) is 20.1. The number of nitrogens with zero attached hydrogens (tertiary/aromatic N) is 3. The van der Waals surface area contributed by atoms with Crippen molar-refractivity contribution in [3.63, 3.8) is 0 Å². The van der Waals surface area contributed by atoms with Crippen molar-refractivity contribution in [2.75, 3.05) is 6.61 Å². The number of carboxylic acid groups (broad SMARTS) is 1. The fourth-order valence-corrected chi connectivity index (χ4v) is 4.81. The number of ketones is 1. The first kappa shape index (κ1) is 26.3. The molecule has 1 aliphatic rings. The third-order valence-corrected chi connectivity index (χ3v) is 6.77. The van der Waals surface area contributed by atoms with E-state index in [4.69, 9.17) is 4.74 Å². The summed E-state index contributed by atoms with van der Waals surface area (Å²) < 4.78 is 45.8. The maximum Gasteiger partial charge on any atom is 0.416 e. The summed E-state index contributed by atoms with van der Waals surface area (Å²) in [6, 6.07) is 9.16. The predicted molar refractivity (Wildman–Crippen MR) is 127 cm³/mol. The van der Waals surface area contributed by atoms with E-state index in [9.17, 15) is 32.7 Å². The second-order valence-electron chi connectivity index (χ2n) is 9.20. The SMILES string of the molecule is CCCCOc1ccc(C(=O)[C@H]2CC[C@@H](Cn3nnc4ccc(C(F)(F)F)cc4c3=O)[C@@H]2C(=O)O)cc1. The van der Waals surface area contributed by atoms with Crippen molar-refractivity contribution in [2.45, 2.75) is 45.3 Å². The molecule has 0 aliphatic heterocycles. The number of carboxylic acids is 1. The van der Waals surface area contributed by atoms with Crippen LogP contribution in [-0.4, -0.2) is 38.5 Å². The molecule has 1 fully saturated rings. The van der Waals surface area contributed by atoms with Crippen LogP contribution < -0.4 is 10.3 Å². The summed E-state index contributed by atoms with van der Waals surface area (Å²) in [4.78, 5) is 38.3.